The van der Waals surface area contributed by atoms with Gasteiger partial charge < -0.3 is 64.0 Å². The summed E-state index contributed by atoms with van der Waals surface area (Å²) >= 11 is 12.4. The van der Waals surface area contributed by atoms with Crippen LogP contribution < -0.4 is 48.7 Å². The van der Waals surface area contributed by atoms with E-state index in [0.717, 1.165) is 0 Å². The van der Waals surface area contributed by atoms with Gasteiger partial charge in [-0.25, -0.2) is 4.79 Å². The molecule has 1 aromatic rings. The van der Waals surface area contributed by atoms with Crippen molar-refractivity contribution in [3.8, 4) is 0 Å². The van der Waals surface area contributed by atoms with E-state index >= 15 is 0 Å². The number of amides is 7. The zero-order chi connectivity index (χ0) is 46.4. The van der Waals surface area contributed by atoms with Crippen LogP contribution in [0.2, 0.25) is 0 Å². The standard InChI is InChI=1S/C37H59N9O12S3/c1-18(2)28(39)35(55)46-29(19(3)47)36(56)41-22(13-20-9-5-4-6-10-20)31(51)44-26(17-61)34(54)45-24(15-59)32(52)40-21(11-7-8-12-38)30(50)43-25(16-60)33(53)42-23(37(57)58)14-27(48)49/h4-6,9-10,18-19,21-26,28-29,47,59-61H,7-8,11-17,38-39H2,1-3H3,(H,40,52)(H,41,56)(H,42,53)(H,43,50)(H,44,51)(H,45,54)(H,46,55)(H,48,49)(H,57,58)/t19-,21+,22+,23+,24+,25+,26+,28+,29+/m1/s1. The third-order valence-corrected chi connectivity index (χ3v) is 10.1. The van der Waals surface area contributed by atoms with Crippen LogP contribution in [0, 0.1) is 5.92 Å². The molecule has 1 rings (SSSR count). The van der Waals surface area contributed by atoms with Gasteiger partial charge in [0.15, 0.2) is 0 Å². The van der Waals surface area contributed by atoms with Crippen LogP contribution in [0.15, 0.2) is 30.3 Å². The molecule has 24 heteroatoms. The lowest BCUT2D eigenvalue weighted by atomic mass is 10.0. The maximum Gasteiger partial charge on any atom is 0.326 e. The van der Waals surface area contributed by atoms with Crippen LogP contribution in [-0.2, 0) is 49.6 Å². The van der Waals surface area contributed by atoms with Crippen molar-refractivity contribution in [1.29, 1.82) is 0 Å². The Morgan fingerprint density at radius 1 is 0.590 bits per heavy atom. The molecule has 0 heterocycles. The monoisotopic (exact) mass is 917 g/mol. The van der Waals surface area contributed by atoms with E-state index in [4.69, 9.17) is 16.6 Å². The van der Waals surface area contributed by atoms with Crippen molar-refractivity contribution in [2.24, 2.45) is 17.4 Å². The number of aliphatic hydroxyl groups is 1. The van der Waals surface area contributed by atoms with E-state index in [1.807, 2.05) is 5.32 Å². The Labute approximate surface area is 370 Å². The highest BCUT2D eigenvalue weighted by atomic mass is 32.1. The first-order valence-electron chi connectivity index (χ1n) is 19.3. The Bertz CT molecular complexity index is 1660. The third-order valence-electron chi connectivity index (χ3n) is 9.02. The molecule has 0 radical (unpaired) electrons. The number of carbonyl (C=O) groups is 9. The summed E-state index contributed by atoms with van der Waals surface area (Å²) < 4.78 is 0. The summed E-state index contributed by atoms with van der Waals surface area (Å²) in [6.45, 7) is 4.91. The first kappa shape index (κ1) is 54.4. The molecule has 0 saturated heterocycles. The van der Waals surface area contributed by atoms with Crippen LogP contribution in [0.1, 0.15) is 52.0 Å². The van der Waals surface area contributed by atoms with E-state index in [1.54, 1.807) is 44.2 Å². The van der Waals surface area contributed by atoms with Crippen molar-refractivity contribution in [3.05, 3.63) is 35.9 Å². The maximum absolute atomic E-state index is 13.8. The van der Waals surface area contributed by atoms with Gasteiger partial charge in [0, 0.05) is 23.7 Å². The normalized spacial score (nSPS) is 15.5. The van der Waals surface area contributed by atoms with Gasteiger partial charge in [-0.05, 0) is 44.2 Å². The molecule has 0 fully saturated rings. The zero-order valence-electron chi connectivity index (χ0n) is 34.0. The van der Waals surface area contributed by atoms with Gasteiger partial charge in [0.05, 0.1) is 18.6 Å². The highest BCUT2D eigenvalue weighted by Gasteiger charge is 2.35. The first-order chi connectivity index (χ1) is 28.7. The van der Waals surface area contributed by atoms with Gasteiger partial charge in [0.25, 0.3) is 0 Å². The summed E-state index contributed by atoms with van der Waals surface area (Å²) in [5.74, 6) is -10.5. The summed E-state index contributed by atoms with van der Waals surface area (Å²) in [6, 6.07) is -2.70. The van der Waals surface area contributed by atoms with E-state index in [9.17, 15) is 53.4 Å². The predicted octanol–water partition coefficient (Wildman–Crippen LogP) is -3.54. The molecule has 0 saturated carbocycles. The Kier molecular flexibility index (Phi) is 25.0. The molecule has 0 aliphatic carbocycles. The van der Waals surface area contributed by atoms with Gasteiger partial charge in [-0.15, -0.1) is 0 Å². The fourth-order valence-electron chi connectivity index (χ4n) is 5.36. The van der Waals surface area contributed by atoms with Gasteiger partial charge in [-0.3, -0.25) is 38.4 Å². The molecule has 21 nitrogen and oxygen atoms in total. The molecule has 0 spiro atoms. The number of nitrogens with one attached hydrogen (secondary N) is 7. The van der Waals surface area contributed by atoms with Crippen molar-refractivity contribution >= 4 is 91.2 Å². The third kappa shape index (κ3) is 19.3. The number of carboxylic acid groups (broad SMARTS) is 2. The first-order valence-corrected chi connectivity index (χ1v) is 21.2. The molecule has 0 aliphatic heterocycles. The molecule has 1 aromatic carbocycles. The van der Waals surface area contributed by atoms with E-state index in [0.29, 0.717) is 18.4 Å². The summed E-state index contributed by atoms with van der Waals surface area (Å²) in [4.78, 5) is 116. The second-order valence-electron chi connectivity index (χ2n) is 14.3. The van der Waals surface area contributed by atoms with Crippen molar-refractivity contribution in [2.75, 3.05) is 23.8 Å². The quantitative estimate of drug-likeness (QED) is 0.0286. The minimum Gasteiger partial charge on any atom is -0.481 e. The SMILES string of the molecule is CC(C)[C@H](N)C(=O)N[C@H](C(=O)N[C@@H](Cc1ccccc1)C(=O)N[C@@H](CS)C(=O)N[C@@H](CS)C(=O)N[C@@H](CCCCN)C(=O)N[C@@H](CS)C(=O)N[C@@H](CC(=O)O)C(=O)O)[C@@H](C)O. The van der Waals surface area contributed by atoms with Crippen LogP contribution in [-0.4, -0.2) is 147 Å². The second-order valence-corrected chi connectivity index (χ2v) is 15.4. The number of hydrogen-bond acceptors (Lipinski definition) is 15. The average molecular weight is 918 g/mol. The fourth-order valence-corrected chi connectivity index (χ4v) is 6.13. The minimum atomic E-state index is -1.81. The summed E-state index contributed by atoms with van der Waals surface area (Å²) in [6.07, 6.45) is -1.65. The van der Waals surface area contributed by atoms with Gasteiger partial charge in [-0.1, -0.05) is 44.2 Å². The number of unbranched alkanes of at least 4 members (excludes halogenated alkanes) is 1. The molecule has 9 atom stereocenters. The van der Waals surface area contributed by atoms with Crippen molar-refractivity contribution < 1.29 is 58.5 Å². The fraction of sp³-hybridized carbons (Fsp3) is 0.595. The molecule has 61 heavy (non-hydrogen) atoms. The maximum atomic E-state index is 13.8. The predicted molar refractivity (Wildman–Crippen MR) is 233 cm³/mol. The number of aliphatic carboxylic acids is 2. The van der Waals surface area contributed by atoms with E-state index < -0.39 is 114 Å². The Morgan fingerprint density at radius 2 is 1.02 bits per heavy atom. The molecule has 14 N–H and O–H groups in total. The molecule has 0 aliphatic rings. The van der Waals surface area contributed by atoms with Crippen LogP contribution >= 0.6 is 37.9 Å². The summed E-state index contributed by atoms with van der Waals surface area (Å²) in [5, 5.41) is 45.5. The Balaban J connectivity index is 3.22. The zero-order valence-corrected chi connectivity index (χ0v) is 36.7. The van der Waals surface area contributed by atoms with Crippen LogP contribution in [0.3, 0.4) is 0 Å². The Hall–Kier alpha value is -4.62. The molecular formula is C37H59N9O12S3. The van der Waals surface area contributed by atoms with E-state index in [1.165, 1.54) is 6.92 Å². The lowest BCUT2D eigenvalue weighted by molar-refractivity contribution is -0.147. The molecule has 0 unspecified atom stereocenters. The van der Waals surface area contributed by atoms with Gasteiger partial charge in [0.1, 0.15) is 42.3 Å². The van der Waals surface area contributed by atoms with Gasteiger partial charge >= 0.3 is 11.9 Å². The largest absolute Gasteiger partial charge is 0.481 e. The van der Waals surface area contributed by atoms with E-state index in [-0.39, 0.29) is 42.6 Å². The highest BCUT2D eigenvalue weighted by Crippen LogP contribution is 2.08. The Morgan fingerprint density at radius 3 is 1.43 bits per heavy atom. The molecule has 0 aromatic heterocycles. The number of carbonyl (C=O) groups excluding carboxylic acids is 7. The summed E-state index contributed by atoms with van der Waals surface area (Å²) in [5.41, 5.74) is 12.1. The molecule has 7 amide bonds. The smallest absolute Gasteiger partial charge is 0.326 e. The minimum absolute atomic E-state index is 0.00760. The number of thiol groups is 3. The number of rotatable bonds is 28. The molecule has 342 valence electrons. The number of hydrogen-bond donors (Lipinski definition) is 15. The summed E-state index contributed by atoms with van der Waals surface area (Å²) in [7, 11) is 0. The molecular weight excluding hydrogens is 859 g/mol. The van der Waals surface area contributed by atoms with Crippen LogP contribution in [0.4, 0.5) is 0 Å². The van der Waals surface area contributed by atoms with Crippen LogP contribution in [0.5, 0.6) is 0 Å². The highest BCUT2D eigenvalue weighted by molar-refractivity contribution is 7.80. The number of carboxylic acids is 2. The second kappa shape index (κ2) is 28.1. The lowest BCUT2D eigenvalue weighted by Gasteiger charge is -2.28. The number of benzene rings is 1. The van der Waals surface area contributed by atoms with Crippen LogP contribution in [0.25, 0.3) is 0 Å². The average Bonchev–Trinajstić information content (AvgIpc) is 3.21. The number of nitrogens with two attached hydrogens (primary N) is 2. The number of aliphatic hydroxyl groups excluding tert-OH is 1. The molecule has 0 bridgehead atoms. The van der Waals surface area contributed by atoms with Crippen molar-refractivity contribution in [1.82, 2.24) is 37.2 Å². The van der Waals surface area contributed by atoms with Gasteiger partial charge in [0.2, 0.25) is 41.4 Å². The van der Waals surface area contributed by atoms with Crippen molar-refractivity contribution in [2.45, 2.75) is 107 Å². The van der Waals surface area contributed by atoms with Gasteiger partial charge in [-0.2, -0.15) is 37.9 Å². The van der Waals surface area contributed by atoms with E-state index in [2.05, 4.69) is 69.8 Å². The lowest BCUT2D eigenvalue weighted by Crippen LogP contribution is -2.62. The topological polar surface area (TPSA) is 351 Å². The van der Waals surface area contributed by atoms with Crippen molar-refractivity contribution in [3.63, 3.8) is 0 Å².